The van der Waals surface area contributed by atoms with Crippen molar-refractivity contribution in [3.63, 3.8) is 0 Å². The summed E-state index contributed by atoms with van der Waals surface area (Å²) in [6.45, 7) is 6.92. The standard InChI is InChI=1S/C23H27N3OS/c1-18(22-10-5-15-28-22)24-16-23(27)26-13-11-25(12-14-26)17-20-8-4-7-19-6-2-3-9-21(19)20/h2-10,15,18,24H,11-14,16-17H2,1H3/t18-/m0/s1. The van der Waals surface area contributed by atoms with Crippen molar-refractivity contribution < 1.29 is 4.79 Å². The quantitative estimate of drug-likeness (QED) is 0.690. The van der Waals surface area contributed by atoms with E-state index >= 15 is 0 Å². The first-order valence-electron chi connectivity index (χ1n) is 9.94. The van der Waals surface area contributed by atoms with E-state index in [1.54, 1.807) is 11.3 Å². The Balaban J connectivity index is 1.28. The summed E-state index contributed by atoms with van der Waals surface area (Å²) >= 11 is 1.73. The Bertz CT molecular complexity index is 911. The van der Waals surface area contributed by atoms with Crippen LogP contribution in [-0.2, 0) is 11.3 Å². The smallest absolute Gasteiger partial charge is 0.236 e. The predicted octanol–water partition coefficient (Wildman–Crippen LogP) is 3.90. The number of fused-ring (bicyclic) bond motifs is 1. The molecule has 1 aliphatic heterocycles. The molecule has 28 heavy (non-hydrogen) atoms. The van der Waals surface area contributed by atoms with Crippen LogP contribution in [0.4, 0.5) is 0 Å². The number of hydrogen-bond acceptors (Lipinski definition) is 4. The molecular weight excluding hydrogens is 366 g/mol. The first kappa shape index (κ1) is 19.1. The molecule has 0 bridgehead atoms. The predicted molar refractivity (Wildman–Crippen MR) is 117 cm³/mol. The Morgan fingerprint density at radius 3 is 2.61 bits per heavy atom. The molecule has 0 aliphatic carbocycles. The molecule has 4 nitrogen and oxygen atoms in total. The normalized spacial score (nSPS) is 16.4. The van der Waals surface area contributed by atoms with Crippen molar-refractivity contribution in [2.75, 3.05) is 32.7 Å². The summed E-state index contributed by atoms with van der Waals surface area (Å²) in [5, 5.41) is 8.05. The van der Waals surface area contributed by atoms with Crippen LogP contribution in [0.2, 0.25) is 0 Å². The number of nitrogens with one attached hydrogen (secondary N) is 1. The van der Waals surface area contributed by atoms with Gasteiger partial charge in [-0.05, 0) is 34.7 Å². The van der Waals surface area contributed by atoms with Gasteiger partial charge in [-0.2, -0.15) is 0 Å². The average Bonchev–Trinajstić information content (AvgIpc) is 3.28. The molecule has 1 saturated heterocycles. The van der Waals surface area contributed by atoms with Gasteiger partial charge in [-0.1, -0.05) is 48.5 Å². The lowest BCUT2D eigenvalue weighted by molar-refractivity contribution is -0.132. The van der Waals surface area contributed by atoms with Gasteiger partial charge < -0.3 is 10.2 Å². The van der Waals surface area contributed by atoms with Crippen molar-refractivity contribution in [1.82, 2.24) is 15.1 Å². The van der Waals surface area contributed by atoms with Crippen LogP contribution >= 0.6 is 11.3 Å². The van der Waals surface area contributed by atoms with E-state index in [4.69, 9.17) is 0 Å². The molecule has 0 radical (unpaired) electrons. The van der Waals surface area contributed by atoms with Gasteiger partial charge in [-0.3, -0.25) is 9.69 Å². The summed E-state index contributed by atoms with van der Waals surface area (Å²) in [7, 11) is 0. The minimum Gasteiger partial charge on any atom is -0.339 e. The molecule has 1 aliphatic rings. The first-order valence-corrected chi connectivity index (χ1v) is 10.8. The van der Waals surface area contributed by atoms with Gasteiger partial charge in [0.25, 0.3) is 0 Å². The number of hydrogen-bond donors (Lipinski definition) is 1. The summed E-state index contributed by atoms with van der Waals surface area (Å²) in [4.78, 5) is 18.3. The van der Waals surface area contributed by atoms with Crippen molar-refractivity contribution in [2.45, 2.75) is 19.5 Å². The number of carbonyl (C=O) groups is 1. The molecule has 3 aromatic rings. The van der Waals surface area contributed by atoms with Crippen LogP contribution in [0.1, 0.15) is 23.4 Å². The third-order valence-corrected chi connectivity index (χ3v) is 6.58. The van der Waals surface area contributed by atoms with Crippen molar-refractivity contribution in [3.8, 4) is 0 Å². The second-order valence-corrected chi connectivity index (χ2v) is 8.39. The van der Waals surface area contributed by atoms with Gasteiger partial charge in [0.2, 0.25) is 5.91 Å². The Kier molecular flexibility index (Phi) is 6.05. The zero-order valence-electron chi connectivity index (χ0n) is 16.3. The van der Waals surface area contributed by atoms with E-state index in [1.165, 1.54) is 21.2 Å². The van der Waals surface area contributed by atoms with Crippen molar-refractivity contribution in [2.24, 2.45) is 0 Å². The highest BCUT2D eigenvalue weighted by Crippen LogP contribution is 2.21. The fourth-order valence-electron chi connectivity index (χ4n) is 3.82. The van der Waals surface area contributed by atoms with Crippen LogP contribution in [0, 0.1) is 0 Å². The lowest BCUT2D eigenvalue weighted by Gasteiger charge is -2.35. The van der Waals surface area contributed by atoms with Crippen LogP contribution in [-0.4, -0.2) is 48.4 Å². The van der Waals surface area contributed by atoms with Gasteiger partial charge >= 0.3 is 0 Å². The second kappa shape index (κ2) is 8.86. The van der Waals surface area contributed by atoms with E-state index in [0.717, 1.165) is 32.7 Å². The Morgan fingerprint density at radius 2 is 1.82 bits per heavy atom. The minimum absolute atomic E-state index is 0.202. The van der Waals surface area contributed by atoms with Gasteiger partial charge in [0, 0.05) is 43.6 Å². The molecule has 2 heterocycles. The van der Waals surface area contributed by atoms with E-state index in [1.807, 2.05) is 4.90 Å². The maximum atomic E-state index is 12.6. The third-order valence-electron chi connectivity index (χ3n) is 5.53. The molecule has 1 aromatic heterocycles. The highest BCUT2D eigenvalue weighted by atomic mass is 32.1. The molecular formula is C23H27N3OS. The molecule has 1 atom stereocenters. The van der Waals surface area contributed by atoms with Crippen LogP contribution < -0.4 is 5.32 Å². The lowest BCUT2D eigenvalue weighted by atomic mass is 10.0. The zero-order valence-corrected chi connectivity index (χ0v) is 17.1. The molecule has 1 amide bonds. The van der Waals surface area contributed by atoms with Crippen molar-refractivity contribution in [1.29, 1.82) is 0 Å². The maximum absolute atomic E-state index is 12.6. The first-order chi connectivity index (χ1) is 13.7. The van der Waals surface area contributed by atoms with Gasteiger partial charge in [0.1, 0.15) is 0 Å². The molecule has 146 valence electrons. The largest absolute Gasteiger partial charge is 0.339 e. The van der Waals surface area contributed by atoms with Gasteiger partial charge in [0.15, 0.2) is 0 Å². The summed E-state index contributed by atoms with van der Waals surface area (Å²) in [6, 6.07) is 19.5. The van der Waals surface area contributed by atoms with E-state index in [2.05, 4.69) is 77.1 Å². The monoisotopic (exact) mass is 393 g/mol. The van der Waals surface area contributed by atoms with Gasteiger partial charge in [0.05, 0.1) is 6.54 Å². The Labute approximate surface area is 170 Å². The van der Waals surface area contributed by atoms with Gasteiger partial charge in [-0.25, -0.2) is 0 Å². The molecule has 4 rings (SSSR count). The number of amides is 1. The van der Waals surface area contributed by atoms with Crippen LogP contribution in [0.15, 0.2) is 60.0 Å². The number of thiophene rings is 1. The molecule has 0 unspecified atom stereocenters. The minimum atomic E-state index is 0.202. The summed E-state index contributed by atoms with van der Waals surface area (Å²) in [5.74, 6) is 0.202. The van der Waals surface area contributed by atoms with Crippen LogP contribution in [0.3, 0.4) is 0 Å². The number of rotatable bonds is 6. The van der Waals surface area contributed by atoms with E-state index in [9.17, 15) is 4.79 Å². The molecule has 2 aromatic carbocycles. The SMILES string of the molecule is C[C@H](NCC(=O)N1CCN(Cc2cccc3ccccc23)CC1)c1cccs1. The van der Waals surface area contributed by atoms with E-state index < -0.39 is 0 Å². The number of nitrogens with zero attached hydrogens (tertiary/aromatic N) is 2. The topological polar surface area (TPSA) is 35.6 Å². The average molecular weight is 394 g/mol. The number of carbonyl (C=O) groups excluding carboxylic acids is 1. The fraction of sp³-hybridized carbons (Fsp3) is 0.348. The van der Waals surface area contributed by atoms with Crippen LogP contribution in [0.25, 0.3) is 10.8 Å². The molecule has 0 spiro atoms. The van der Waals surface area contributed by atoms with E-state index in [0.29, 0.717) is 6.54 Å². The highest BCUT2D eigenvalue weighted by Gasteiger charge is 2.21. The second-order valence-electron chi connectivity index (χ2n) is 7.41. The van der Waals surface area contributed by atoms with Gasteiger partial charge in [-0.15, -0.1) is 11.3 Å². The van der Waals surface area contributed by atoms with Crippen molar-refractivity contribution in [3.05, 3.63) is 70.4 Å². The number of benzene rings is 2. The highest BCUT2D eigenvalue weighted by molar-refractivity contribution is 7.10. The number of piperazine rings is 1. The molecule has 5 heteroatoms. The Hall–Kier alpha value is -2.21. The zero-order chi connectivity index (χ0) is 19.3. The molecule has 1 N–H and O–H groups in total. The van der Waals surface area contributed by atoms with Crippen molar-refractivity contribution >= 4 is 28.0 Å². The fourth-order valence-corrected chi connectivity index (χ4v) is 4.58. The molecule has 1 fully saturated rings. The summed E-state index contributed by atoms with van der Waals surface area (Å²) in [5.41, 5.74) is 1.37. The Morgan fingerprint density at radius 1 is 1.04 bits per heavy atom. The summed E-state index contributed by atoms with van der Waals surface area (Å²) in [6.07, 6.45) is 0. The molecule has 0 saturated carbocycles. The van der Waals surface area contributed by atoms with E-state index in [-0.39, 0.29) is 11.9 Å². The summed E-state index contributed by atoms with van der Waals surface area (Å²) < 4.78 is 0. The van der Waals surface area contributed by atoms with Crippen LogP contribution in [0.5, 0.6) is 0 Å². The maximum Gasteiger partial charge on any atom is 0.236 e. The lowest BCUT2D eigenvalue weighted by Crippen LogP contribution is -2.50. The third kappa shape index (κ3) is 4.43.